The topological polar surface area (TPSA) is 95.1 Å². The van der Waals surface area contributed by atoms with Crippen LogP contribution in [0.4, 0.5) is 4.79 Å². The number of likely N-dealkylation sites (tertiary alicyclic amines) is 1. The first-order chi connectivity index (χ1) is 22.1. The van der Waals surface area contributed by atoms with E-state index in [1.807, 2.05) is 24.9 Å². The zero-order valence-corrected chi connectivity index (χ0v) is 29.8. The molecule has 9 heteroatoms. The molecular formula is C37H50BrN5O3. The lowest BCUT2D eigenvalue weighted by molar-refractivity contribution is -0.135. The maximum atomic E-state index is 13.7. The largest absolute Gasteiger partial charge is 0.453 e. The molecule has 1 saturated heterocycles. The van der Waals surface area contributed by atoms with Gasteiger partial charge in [-0.15, -0.1) is 0 Å². The number of carbonyl (C=O) groups excluding carboxylic acids is 2. The van der Waals surface area contributed by atoms with Crippen LogP contribution >= 0.6 is 15.9 Å². The van der Waals surface area contributed by atoms with Crippen molar-refractivity contribution < 1.29 is 14.3 Å². The number of unbranched alkanes of at least 4 members (excludes halogenated alkanes) is 3. The molecule has 3 N–H and O–H groups in total. The summed E-state index contributed by atoms with van der Waals surface area (Å²) in [5.74, 6) is -0.158. The van der Waals surface area contributed by atoms with Crippen LogP contribution in [0.5, 0.6) is 0 Å². The van der Waals surface area contributed by atoms with Crippen molar-refractivity contribution in [2.45, 2.75) is 97.8 Å². The maximum Gasteiger partial charge on any atom is 0.407 e. The minimum absolute atomic E-state index is 0.0653. The molecule has 2 aliphatic rings. The molecule has 2 heterocycles. The van der Waals surface area contributed by atoms with E-state index in [9.17, 15) is 9.59 Å². The number of nitrogens with zero attached hydrogens (tertiary/aromatic N) is 2. The van der Waals surface area contributed by atoms with E-state index >= 15 is 0 Å². The van der Waals surface area contributed by atoms with Crippen LogP contribution in [0.25, 0.3) is 22.2 Å². The molecular weight excluding hydrogens is 642 g/mol. The summed E-state index contributed by atoms with van der Waals surface area (Å²) in [5, 5.41) is 12.2. The number of methoxy groups -OCH3 is 1. The van der Waals surface area contributed by atoms with E-state index in [2.05, 4.69) is 101 Å². The first-order valence-corrected chi connectivity index (χ1v) is 17.4. The van der Waals surface area contributed by atoms with Crippen molar-refractivity contribution in [3.63, 3.8) is 0 Å². The molecule has 3 atom stereocenters. The minimum Gasteiger partial charge on any atom is -0.453 e. The number of carbonyl (C=O) groups is 2. The minimum atomic E-state index is -0.651. The van der Waals surface area contributed by atoms with Gasteiger partial charge in [-0.3, -0.25) is 9.79 Å². The van der Waals surface area contributed by atoms with Crippen LogP contribution in [-0.2, 0) is 9.53 Å². The summed E-state index contributed by atoms with van der Waals surface area (Å²) in [5.41, 5.74) is 6.49. The lowest BCUT2D eigenvalue weighted by Gasteiger charge is -2.34. The van der Waals surface area contributed by atoms with E-state index in [-0.39, 0.29) is 24.0 Å². The molecule has 2 aromatic rings. The Morgan fingerprint density at radius 3 is 2.52 bits per heavy atom. The Kier molecular flexibility index (Phi) is 12.5. The number of halogens is 1. The fourth-order valence-electron chi connectivity index (χ4n) is 6.58. The Morgan fingerprint density at radius 2 is 1.87 bits per heavy atom. The second kappa shape index (κ2) is 16.3. The number of hydrogen-bond donors (Lipinski definition) is 3. The monoisotopic (exact) mass is 691 g/mol. The van der Waals surface area contributed by atoms with Gasteiger partial charge in [0.25, 0.3) is 0 Å². The number of aliphatic imine (C=N–C) groups is 1. The van der Waals surface area contributed by atoms with Crippen molar-refractivity contribution in [3.8, 4) is 0 Å². The summed E-state index contributed by atoms with van der Waals surface area (Å²) in [4.78, 5) is 32.2. The van der Waals surface area contributed by atoms with Gasteiger partial charge in [-0.2, -0.15) is 0 Å². The van der Waals surface area contributed by atoms with Crippen molar-refractivity contribution in [2.75, 3.05) is 13.7 Å². The van der Waals surface area contributed by atoms with Gasteiger partial charge < -0.3 is 25.6 Å². The number of benzene rings is 2. The molecule has 3 unspecified atom stereocenters. The highest BCUT2D eigenvalue weighted by Gasteiger charge is 2.40. The SMILES string of the molecule is C=N/C(=C(CCCCCC)\C(C)=C(/C)Br)c1ccc(C2=CNC(C3CCCN3C(=O)C(NC(=O)OC)C(C)C)N2)c2ccccc12. The molecule has 2 amide bonds. The third-order valence-corrected chi connectivity index (χ3v) is 9.83. The van der Waals surface area contributed by atoms with Gasteiger partial charge in [0.05, 0.1) is 24.5 Å². The normalized spacial score (nSPS) is 19.6. The van der Waals surface area contributed by atoms with Gasteiger partial charge in [-0.05, 0) is 78.6 Å². The third-order valence-electron chi connectivity index (χ3n) is 9.24. The van der Waals surface area contributed by atoms with Crippen molar-refractivity contribution in [1.82, 2.24) is 20.9 Å². The quantitative estimate of drug-likeness (QED) is 0.112. The fourth-order valence-corrected chi connectivity index (χ4v) is 6.82. The Morgan fingerprint density at radius 1 is 1.13 bits per heavy atom. The highest BCUT2D eigenvalue weighted by atomic mass is 79.9. The Bertz CT molecular complexity index is 1520. The van der Waals surface area contributed by atoms with E-state index in [1.165, 1.54) is 37.5 Å². The third kappa shape index (κ3) is 7.85. The fraction of sp³-hybridized carbons (Fsp3) is 0.486. The lowest BCUT2D eigenvalue weighted by Crippen LogP contribution is -2.57. The van der Waals surface area contributed by atoms with Gasteiger partial charge in [0.15, 0.2) is 0 Å². The molecule has 248 valence electrons. The molecule has 8 nitrogen and oxygen atoms in total. The van der Waals surface area contributed by atoms with Crippen molar-refractivity contribution in [3.05, 3.63) is 69.4 Å². The Labute approximate surface area is 282 Å². The smallest absolute Gasteiger partial charge is 0.407 e. The molecule has 2 aromatic carbocycles. The average Bonchev–Trinajstić information content (AvgIpc) is 3.74. The number of alkyl carbamates (subject to hydrolysis) is 1. The molecule has 0 spiro atoms. The van der Waals surface area contributed by atoms with Crippen LogP contribution in [0.3, 0.4) is 0 Å². The molecule has 0 bridgehead atoms. The number of rotatable bonds is 13. The van der Waals surface area contributed by atoms with E-state index < -0.39 is 12.1 Å². The number of nitrogens with one attached hydrogen (secondary N) is 3. The molecule has 4 rings (SSSR count). The molecule has 0 saturated carbocycles. The van der Waals surface area contributed by atoms with Crippen LogP contribution in [0, 0.1) is 5.92 Å². The Hall–Kier alpha value is -3.59. The average molecular weight is 693 g/mol. The van der Waals surface area contributed by atoms with Gasteiger partial charge in [-0.25, -0.2) is 4.79 Å². The van der Waals surface area contributed by atoms with Crippen LogP contribution in [0.1, 0.15) is 90.7 Å². The highest BCUT2D eigenvalue weighted by molar-refractivity contribution is 9.11. The van der Waals surface area contributed by atoms with Crippen molar-refractivity contribution in [2.24, 2.45) is 10.9 Å². The number of allylic oxidation sites excluding steroid dienone is 3. The summed E-state index contributed by atoms with van der Waals surface area (Å²) in [6.45, 7) is 15.0. The second-order valence-electron chi connectivity index (χ2n) is 12.6. The van der Waals surface area contributed by atoms with Crippen LogP contribution < -0.4 is 16.0 Å². The van der Waals surface area contributed by atoms with Crippen molar-refractivity contribution >= 4 is 56.8 Å². The van der Waals surface area contributed by atoms with Gasteiger partial charge in [0, 0.05) is 23.9 Å². The first kappa shape index (κ1) is 35.3. The summed E-state index contributed by atoms with van der Waals surface area (Å²) < 4.78 is 5.90. The molecule has 0 aliphatic carbocycles. The van der Waals surface area contributed by atoms with Crippen LogP contribution in [0.2, 0.25) is 0 Å². The van der Waals surface area contributed by atoms with Crippen LogP contribution in [-0.4, -0.2) is 55.5 Å². The van der Waals surface area contributed by atoms with E-state index in [0.29, 0.717) is 6.54 Å². The molecule has 0 radical (unpaired) electrons. The number of hydrogen-bond acceptors (Lipinski definition) is 6. The van der Waals surface area contributed by atoms with E-state index in [1.54, 1.807) is 0 Å². The molecule has 0 aromatic heterocycles. The van der Waals surface area contributed by atoms with Gasteiger partial charge in [-0.1, -0.05) is 92.4 Å². The van der Waals surface area contributed by atoms with Gasteiger partial charge in [0.2, 0.25) is 5.91 Å². The van der Waals surface area contributed by atoms with Gasteiger partial charge >= 0.3 is 6.09 Å². The van der Waals surface area contributed by atoms with E-state index in [0.717, 1.165) is 63.5 Å². The highest BCUT2D eigenvalue weighted by Crippen LogP contribution is 2.37. The molecule has 2 aliphatic heterocycles. The Balaban J connectivity index is 1.64. The van der Waals surface area contributed by atoms with Crippen LogP contribution in [0.15, 0.2) is 63.2 Å². The van der Waals surface area contributed by atoms with E-state index in [4.69, 9.17) is 4.74 Å². The predicted octanol–water partition coefficient (Wildman–Crippen LogP) is 8.10. The second-order valence-corrected chi connectivity index (χ2v) is 13.8. The number of ether oxygens (including phenoxy) is 1. The zero-order valence-electron chi connectivity index (χ0n) is 28.2. The summed E-state index contributed by atoms with van der Waals surface area (Å²) in [7, 11) is 1.31. The van der Waals surface area contributed by atoms with Gasteiger partial charge in [0.1, 0.15) is 12.2 Å². The first-order valence-electron chi connectivity index (χ1n) is 16.6. The predicted molar refractivity (Wildman–Crippen MR) is 193 cm³/mol. The molecule has 46 heavy (non-hydrogen) atoms. The summed E-state index contributed by atoms with van der Waals surface area (Å²) in [6, 6.07) is 12.1. The number of fused-ring (bicyclic) bond motifs is 1. The maximum absolute atomic E-state index is 13.7. The lowest BCUT2D eigenvalue weighted by atomic mass is 9.91. The summed E-state index contributed by atoms with van der Waals surface area (Å²) in [6.07, 6.45) is 8.70. The zero-order chi connectivity index (χ0) is 33.4. The number of amides is 2. The molecule has 1 fully saturated rings. The standard InChI is InChI=1S/C37H50BrN5O3/c1-8-9-10-11-15-26(24(4)25(5)38)34(39-6)30-20-19-29(27-16-12-13-17-28(27)30)31-22-40-35(41-31)32-18-14-21-43(32)36(44)33(23(2)3)42-37(45)46-7/h12-13,16-17,19-20,22-23,32-33,35,40-41H,6,8-11,14-15,18,21H2,1-5,7H3,(H,42,45)/b25-24+,34-26-. The van der Waals surface area contributed by atoms with Crippen molar-refractivity contribution in [1.29, 1.82) is 0 Å². The summed E-state index contributed by atoms with van der Waals surface area (Å²) >= 11 is 3.73.